The third-order valence-electron chi connectivity index (χ3n) is 8.91. The lowest BCUT2D eigenvalue weighted by atomic mass is 9.72. The Morgan fingerprint density at radius 1 is 1.16 bits per heavy atom. The van der Waals surface area contributed by atoms with Crippen LogP contribution in [0.4, 0.5) is 4.39 Å². The molecule has 0 bridgehead atoms. The molecule has 1 aromatic rings. The monoisotopic (exact) mass is 424 g/mol. The van der Waals surface area contributed by atoms with Crippen molar-refractivity contribution in [2.24, 2.45) is 22.7 Å². The van der Waals surface area contributed by atoms with Crippen LogP contribution in [0, 0.1) is 28.5 Å². The summed E-state index contributed by atoms with van der Waals surface area (Å²) in [6.07, 6.45) is 8.00. The number of amides is 1. The Balaban J connectivity index is 1.23. The van der Waals surface area contributed by atoms with Crippen molar-refractivity contribution in [2.75, 3.05) is 32.7 Å². The van der Waals surface area contributed by atoms with E-state index in [2.05, 4.69) is 36.6 Å². The molecule has 3 nitrogen and oxygen atoms in total. The summed E-state index contributed by atoms with van der Waals surface area (Å²) in [7, 11) is 0. The molecule has 4 atom stereocenters. The highest BCUT2D eigenvalue weighted by Gasteiger charge is 2.59. The molecule has 2 heterocycles. The minimum atomic E-state index is -0.153. The lowest BCUT2D eigenvalue weighted by Crippen LogP contribution is -2.44. The standard InChI is InChI=1S/C27H37FN2O/c1-4-11-30-17-26(16-24(30)31)9-12-29(13-10-26)18-27-14-19(2)25(20(3)23(27)15-27)21-5-7-22(28)8-6-21/h5-8,14,20,23,25H,4,9-13,15-18H2,1-3H3. The summed E-state index contributed by atoms with van der Waals surface area (Å²) in [6, 6.07) is 7.14. The van der Waals surface area contributed by atoms with Gasteiger partial charge in [0.15, 0.2) is 0 Å². The molecule has 1 spiro atoms. The van der Waals surface area contributed by atoms with Gasteiger partial charge in [0.05, 0.1) is 0 Å². The number of piperidine rings is 1. The van der Waals surface area contributed by atoms with Crippen LogP contribution in [0.5, 0.6) is 0 Å². The van der Waals surface area contributed by atoms with Crippen molar-refractivity contribution in [3.8, 4) is 0 Å². The van der Waals surface area contributed by atoms with E-state index >= 15 is 0 Å². The van der Waals surface area contributed by atoms with E-state index in [1.807, 2.05) is 12.1 Å². The predicted molar refractivity (Wildman–Crippen MR) is 122 cm³/mol. The summed E-state index contributed by atoms with van der Waals surface area (Å²) in [4.78, 5) is 17.2. The molecule has 1 amide bonds. The summed E-state index contributed by atoms with van der Waals surface area (Å²) in [5.74, 6) is 1.97. The van der Waals surface area contributed by atoms with Gasteiger partial charge in [0.2, 0.25) is 5.91 Å². The Morgan fingerprint density at radius 3 is 2.55 bits per heavy atom. The SMILES string of the molecule is CCCN1CC2(CCN(CC34C=C(C)C(c5ccc(F)cc5)C(C)C3C4)CC2)CC1=O. The smallest absolute Gasteiger partial charge is 0.223 e. The first kappa shape index (κ1) is 21.2. The molecular formula is C27H37FN2O. The number of hydrogen-bond acceptors (Lipinski definition) is 2. The van der Waals surface area contributed by atoms with E-state index < -0.39 is 0 Å². The molecule has 0 aromatic heterocycles. The van der Waals surface area contributed by atoms with E-state index in [4.69, 9.17) is 0 Å². The van der Waals surface area contributed by atoms with Gasteiger partial charge in [-0.05, 0) is 80.6 Å². The molecule has 2 aliphatic carbocycles. The molecule has 4 heteroatoms. The summed E-state index contributed by atoms with van der Waals surface area (Å²) < 4.78 is 13.4. The maximum absolute atomic E-state index is 13.4. The number of carbonyl (C=O) groups is 1. The molecule has 4 aliphatic rings. The molecule has 168 valence electrons. The third kappa shape index (κ3) is 3.75. The van der Waals surface area contributed by atoms with Crippen molar-refractivity contribution >= 4 is 5.91 Å². The first-order valence-corrected chi connectivity index (χ1v) is 12.3. The van der Waals surface area contributed by atoms with Gasteiger partial charge in [-0.15, -0.1) is 0 Å². The van der Waals surface area contributed by atoms with Gasteiger partial charge >= 0.3 is 0 Å². The highest BCUT2D eigenvalue weighted by atomic mass is 19.1. The quantitative estimate of drug-likeness (QED) is 0.604. The van der Waals surface area contributed by atoms with E-state index in [0.29, 0.717) is 23.2 Å². The number of likely N-dealkylation sites (tertiary alicyclic amines) is 2. The van der Waals surface area contributed by atoms with E-state index in [0.717, 1.165) is 64.3 Å². The molecule has 31 heavy (non-hydrogen) atoms. The first-order valence-electron chi connectivity index (χ1n) is 12.3. The number of halogens is 1. The lowest BCUT2D eigenvalue weighted by Gasteiger charge is -2.41. The van der Waals surface area contributed by atoms with Gasteiger partial charge in [-0.25, -0.2) is 4.39 Å². The van der Waals surface area contributed by atoms with Crippen LogP contribution >= 0.6 is 0 Å². The summed E-state index contributed by atoms with van der Waals surface area (Å²) in [6.45, 7) is 12.2. The molecule has 2 aliphatic heterocycles. The molecule has 0 radical (unpaired) electrons. The van der Waals surface area contributed by atoms with E-state index in [9.17, 15) is 9.18 Å². The van der Waals surface area contributed by atoms with Crippen molar-refractivity contribution in [1.29, 1.82) is 0 Å². The molecule has 3 fully saturated rings. The average molecular weight is 425 g/mol. The maximum Gasteiger partial charge on any atom is 0.223 e. The minimum Gasteiger partial charge on any atom is -0.342 e. The van der Waals surface area contributed by atoms with Gasteiger partial charge in [-0.3, -0.25) is 4.79 Å². The Kier molecular flexibility index (Phi) is 5.28. The van der Waals surface area contributed by atoms with Crippen molar-refractivity contribution < 1.29 is 9.18 Å². The zero-order valence-electron chi connectivity index (χ0n) is 19.4. The molecule has 0 N–H and O–H groups in total. The Bertz CT molecular complexity index is 870. The molecule has 2 saturated heterocycles. The maximum atomic E-state index is 13.4. The van der Waals surface area contributed by atoms with Crippen LogP contribution in [-0.4, -0.2) is 48.4 Å². The van der Waals surface area contributed by atoms with Gasteiger partial charge in [-0.2, -0.15) is 0 Å². The van der Waals surface area contributed by atoms with E-state index in [-0.39, 0.29) is 11.2 Å². The van der Waals surface area contributed by atoms with Crippen molar-refractivity contribution in [3.05, 3.63) is 47.3 Å². The lowest BCUT2D eigenvalue weighted by molar-refractivity contribution is -0.127. The van der Waals surface area contributed by atoms with Gasteiger partial charge in [0, 0.05) is 37.4 Å². The highest BCUT2D eigenvalue weighted by molar-refractivity contribution is 5.79. The predicted octanol–water partition coefficient (Wildman–Crippen LogP) is 5.24. The van der Waals surface area contributed by atoms with E-state index in [1.54, 1.807) is 12.1 Å². The van der Waals surface area contributed by atoms with Gasteiger partial charge in [0.1, 0.15) is 5.82 Å². The van der Waals surface area contributed by atoms with Crippen LogP contribution in [0.1, 0.15) is 64.4 Å². The zero-order chi connectivity index (χ0) is 21.8. The van der Waals surface area contributed by atoms with Crippen LogP contribution in [0.25, 0.3) is 0 Å². The zero-order valence-corrected chi connectivity index (χ0v) is 19.4. The van der Waals surface area contributed by atoms with Crippen LogP contribution in [0.3, 0.4) is 0 Å². The first-order chi connectivity index (χ1) is 14.8. The number of nitrogens with zero attached hydrogens (tertiary/aromatic N) is 2. The van der Waals surface area contributed by atoms with E-state index in [1.165, 1.54) is 17.6 Å². The average Bonchev–Trinajstić information content (AvgIpc) is 3.36. The fourth-order valence-corrected chi connectivity index (χ4v) is 7.27. The number of hydrogen-bond donors (Lipinski definition) is 0. The second-order valence-electron chi connectivity index (χ2n) is 11.1. The van der Waals surface area contributed by atoms with Crippen LogP contribution in [0.15, 0.2) is 35.9 Å². The Labute approximate surface area is 186 Å². The number of allylic oxidation sites excluding steroid dienone is 1. The van der Waals surface area contributed by atoms with Crippen LogP contribution < -0.4 is 0 Å². The number of benzene rings is 1. The summed E-state index contributed by atoms with van der Waals surface area (Å²) in [5.41, 5.74) is 3.29. The van der Waals surface area contributed by atoms with Gasteiger partial charge in [-0.1, -0.05) is 37.6 Å². The minimum absolute atomic E-state index is 0.153. The Morgan fingerprint density at radius 2 is 1.87 bits per heavy atom. The number of fused-ring (bicyclic) bond motifs is 1. The van der Waals surface area contributed by atoms with Gasteiger partial charge in [0.25, 0.3) is 0 Å². The second kappa shape index (κ2) is 7.72. The number of carbonyl (C=O) groups excluding carboxylic acids is 1. The summed E-state index contributed by atoms with van der Waals surface area (Å²) >= 11 is 0. The highest BCUT2D eigenvalue weighted by Crippen LogP contribution is 2.65. The van der Waals surface area contributed by atoms with Crippen molar-refractivity contribution in [1.82, 2.24) is 9.80 Å². The largest absolute Gasteiger partial charge is 0.342 e. The molecular weight excluding hydrogens is 387 g/mol. The molecule has 5 rings (SSSR count). The third-order valence-corrected chi connectivity index (χ3v) is 8.91. The van der Waals surface area contributed by atoms with Crippen LogP contribution in [0.2, 0.25) is 0 Å². The fraction of sp³-hybridized carbons (Fsp3) is 0.667. The van der Waals surface area contributed by atoms with Crippen LogP contribution in [-0.2, 0) is 4.79 Å². The Hall–Kier alpha value is -1.68. The molecule has 1 aromatic carbocycles. The van der Waals surface area contributed by atoms with Crippen molar-refractivity contribution in [2.45, 2.75) is 58.8 Å². The second-order valence-corrected chi connectivity index (χ2v) is 11.1. The van der Waals surface area contributed by atoms with Crippen molar-refractivity contribution in [3.63, 3.8) is 0 Å². The fourth-order valence-electron chi connectivity index (χ4n) is 7.27. The number of rotatable bonds is 5. The summed E-state index contributed by atoms with van der Waals surface area (Å²) in [5, 5.41) is 0. The normalized spacial score (nSPS) is 34.7. The molecule has 1 saturated carbocycles. The molecule has 4 unspecified atom stereocenters. The topological polar surface area (TPSA) is 23.6 Å². The van der Waals surface area contributed by atoms with Gasteiger partial charge < -0.3 is 9.80 Å².